The number of nitrogens with two attached hydrogens (primary N) is 1. The Morgan fingerprint density at radius 3 is 2.84 bits per heavy atom. The quantitative estimate of drug-likeness (QED) is 0.882. The molecule has 1 aliphatic heterocycles. The molecule has 0 aromatic heterocycles. The van der Waals surface area contributed by atoms with Crippen molar-refractivity contribution in [2.45, 2.75) is 19.4 Å². The summed E-state index contributed by atoms with van der Waals surface area (Å²) in [6.07, 6.45) is 2.48. The highest BCUT2D eigenvalue weighted by molar-refractivity contribution is 5.40. The van der Waals surface area contributed by atoms with Crippen LogP contribution in [0.25, 0.3) is 0 Å². The van der Waals surface area contributed by atoms with E-state index >= 15 is 0 Å². The Bertz CT molecular complexity index is 409. The number of likely N-dealkylation sites (tertiary alicyclic amines) is 1. The van der Waals surface area contributed by atoms with Crippen LogP contribution in [0.4, 0.5) is 0 Å². The van der Waals surface area contributed by atoms with Crippen LogP contribution in [-0.4, -0.2) is 38.8 Å². The van der Waals surface area contributed by atoms with Crippen molar-refractivity contribution in [3.63, 3.8) is 0 Å². The number of rotatable bonds is 5. The Kier molecular flexibility index (Phi) is 5.05. The molecule has 1 saturated heterocycles. The molecule has 0 bridgehead atoms. The summed E-state index contributed by atoms with van der Waals surface area (Å²) in [5.41, 5.74) is 6.97. The summed E-state index contributed by atoms with van der Waals surface area (Å²) < 4.78 is 10.7. The van der Waals surface area contributed by atoms with Crippen molar-refractivity contribution in [1.29, 1.82) is 0 Å². The minimum atomic E-state index is 0.630. The predicted molar refractivity (Wildman–Crippen MR) is 76.6 cm³/mol. The maximum Gasteiger partial charge on any atom is 0.123 e. The number of methoxy groups -OCH3 is 2. The summed E-state index contributed by atoms with van der Waals surface area (Å²) >= 11 is 0. The Labute approximate surface area is 115 Å². The van der Waals surface area contributed by atoms with E-state index in [9.17, 15) is 0 Å². The van der Waals surface area contributed by atoms with Crippen molar-refractivity contribution >= 4 is 0 Å². The largest absolute Gasteiger partial charge is 0.497 e. The van der Waals surface area contributed by atoms with E-state index in [1.54, 1.807) is 14.2 Å². The van der Waals surface area contributed by atoms with Crippen molar-refractivity contribution in [1.82, 2.24) is 4.90 Å². The normalized spacial score (nSPS) is 20.3. The Morgan fingerprint density at radius 2 is 2.16 bits per heavy atom. The van der Waals surface area contributed by atoms with E-state index < -0.39 is 0 Å². The third kappa shape index (κ3) is 3.61. The lowest BCUT2D eigenvalue weighted by molar-refractivity contribution is 0.169. The minimum Gasteiger partial charge on any atom is -0.497 e. The van der Waals surface area contributed by atoms with E-state index in [1.807, 2.05) is 12.1 Å². The SMILES string of the molecule is COc1ccc(OC)c(CN2CCCC(CN)C2)c1. The van der Waals surface area contributed by atoms with Gasteiger partial charge in [-0.25, -0.2) is 0 Å². The molecule has 0 amide bonds. The van der Waals surface area contributed by atoms with Crippen molar-refractivity contribution in [2.75, 3.05) is 33.9 Å². The first kappa shape index (κ1) is 14.2. The van der Waals surface area contributed by atoms with Gasteiger partial charge in [0.2, 0.25) is 0 Å². The van der Waals surface area contributed by atoms with Crippen LogP contribution in [0.15, 0.2) is 18.2 Å². The fourth-order valence-electron chi connectivity index (χ4n) is 2.73. The third-order valence-corrected chi connectivity index (χ3v) is 3.82. The Balaban J connectivity index is 2.08. The molecule has 1 aliphatic rings. The second kappa shape index (κ2) is 6.78. The van der Waals surface area contributed by atoms with Crippen LogP contribution in [0.5, 0.6) is 11.5 Å². The number of nitrogens with zero attached hydrogens (tertiary/aromatic N) is 1. The van der Waals surface area contributed by atoms with Gasteiger partial charge < -0.3 is 15.2 Å². The lowest BCUT2D eigenvalue weighted by atomic mass is 9.98. The zero-order valence-corrected chi connectivity index (χ0v) is 11.9. The zero-order chi connectivity index (χ0) is 13.7. The summed E-state index contributed by atoms with van der Waals surface area (Å²) in [6.45, 7) is 3.90. The molecule has 106 valence electrons. The molecule has 1 atom stereocenters. The van der Waals surface area contributed by atoms with Gasteiger partial charge in [0.25, 0.3) is 0 Å². The molecule has 4 nitrogen and oxygen atoms in total. The van der Waals surface area contributed by atoms with Gasteiger partial charge >= 0.3 is 0 Å². The molecule has 2 rings (SSSR count). The molecule has 1 aromatic carbocycles. The first-order valence-electron chi connectivity index (χ1n) is 6.90. The molecule has 1 heterocycles. The third-order valence-electron chi connectivity index (χ3n) is 3.82. The van der Waals surface area contributed by atoms with Crippen molar-refractivity contribution in [2.24, 2.45) is 11.7 Å². The summed E-state index contributed by atoms with van der Waals surface area (Å²) in [6, 6.07) is 5.96. The Hall–Kier alpha value is -1.26. The van der Waals surface area contributed by atoms with E-state index in [-0.39, 0.29) is 0 Å². The van der Waals surface area contributed by atoms with Gasteiger partial charge in [-0.15, -0.1) is 0 Å². The van der Waals surface area contributed by atoms with Crippen molar-refractivity contribution in [3.05, 3.63) is 23.8 Å². The van der Waals surface area contributed by atoms with Gasteiger partial charge in [-0.1, -0.05) is 0 Å². The van der Waals surface area contributed by atoms with Crippen LogP contribution in [0.1, 0.15) is 18.4 Å². The van der Waals surface area contributed by atoms with Crippen LogP contribution < -0.4 is 15.2 Å². The Morgan fingerprint density at radius 1 is 1.32 bits per heavy atom. The van der Waals surface area contributed by atoms with Crippen molar-refractivity contribution in [3.8, 4) is 11.5 Å². The van der Waals surface area contributed by atoms with E-state index in [4.69, 9.17) is 15.2 Å². The summed E-state index contributed by atoms with van der Waals surface area (Å²) in [7, 11) is 3.40. The first-order chi connectivity index (χ1) is 9.26. The topological polar surface area (TPSA) is 47.7 Å². The standard InChI is InChI=1S/C15H24N2O2/c1-18-14-5-6-15(19-2)13(8-14)11-17-7-3-4-12(9-16)10-17/h5-6,8,12H,3-4,7,9-11,16H2,1-2H3. The van der Waals surface area contributed by atoms with Crippen LogP contribution in [-0.2, 0) is 6.54 Å². The lowest BCUT2D eigenvalue weighted by Gasteiger charge is -2.32. The highest BCUT2D eigenvalue weighted by atomic mass is 16.5. The molecule has 2 N–H and O–H groups in total. The monoisotopic (exact) mass is 264 g/mol. The lowest BCUT2D eigenvalue weighted by Crippen LogP contribution is -2.37. The molecule has 1 unspecified atom stereocenters. The molecule has 0 radical (unpaired) electrons. The molecule has 0 aliphatic carbocycles. The maximum absolute atomic E-state index is 5.79. The van der Waals surface area contributed by atoms with E-state index in [0.29, 0.717) is 5.92 Å². The molecule has 1 aromatic rings. The molecular weight excluding hydrogens is 240 g/mol. The van der Waals surface area contributed by atoms with Gasteiger partial charge in [0.05, 0.1) is 14.2 Å². The fraction of sp³-hybridized carbons (Fsp3) is 0.600. The molecule has 0 spiro atoms. The summed E-state index contributed by atoms with van der Waals surface area (Å²) in [5.74, 6) is 2.43. The summed E-state index contributed by atoms with van der Waals surface area (Å²) in [4.78, 5) is 2.46. The van der Waals surface area contributed by atoms with Crippen LogP contribution in [0.3, 0.4) is 0 Å². The summed E-state index contributed by atoms with van der Waals surface area (Å²) in [5, 5.41) is 0. The number of hydrogen-bond acceptors (Lipinski definition) is 4. The molecule has 1 fully saturated rings. The van der Waals surface area contributed by atoms with Gasteiger partial charge in [-0.3, -0.25) is 4.90 Å². The van der Waals surface area contributed by atoms with Crippen molar-refractivity contribution < 1.29 is 9.47 Å². The number of ether oxygens (including phenoxy) is 2. The second-order valence-electron chi connectivity index (χ2n) is 5.16. The number of benzene rings is 1. The number of piperidine rings is 1. The fourth-order valence-corrected chi connectivity index (χ4v) is 2.73. The smallest absolute Gasteiger partial charge is 0.123 e. The highest BCUT2D eigenvalue weighted by Gasteiger charge is 2.19. The van der Waals surface area contributed by atoms with Gasteiger partial charge in [0, 0.05) is 18.7 Å². The van der Waals surface area contributed by atoms with Gasteiger partial charge in [0.15, 0.2) is 0 Å². The first-order valence-corrected chi connectivity index (χ1v) is 6.90. The van der Waals surface area contributed by atoms with E-state index in [0.717, 1.165) is 37.7 Å². The molecule has 4 heteroatoms. The van der Waals surface area contributed by atoms with Crippen LogP contribution in [0.2, 0.25) is 0 Å². The van der Waals surface area contributed by atoms with E-state index in [2.05, 4.69) is 11.0 Å². The van der Waals surface area contributed by atoms with Crippen LogP contribution >= 0.6 is 0 Å². The predicted octanol–water partition coefficient (Wildman–Crippen LogP) is 1.87. The van der Waals surface area contributed by atoms with Gasteiger partial charge in [0.1, 0.15) is 11.5 Å². The number of hydrogen-bond donors (Lipinski definition) is 1. The van der Waals surface area contributed by atoms with Crippen LogP contribution in [0, 0.1) is 5.92 Å². The van der Waals surface area contributed by atoms with Gasteiger partial charge in [-0.05, 0) is 50.0 Å². The van der Waals surface area contributed by atoms with E-state index in [1.165, 1.54) is 18.4 Å². The van der Waals surface area contributed by atoms with Gasteiger partial charge in [-0.2, -0.15) is 0 Å². The average molecular weight is 264 g/mol. The second-order valence-corrected chi connectivity index (χ2v) is 5.16. The average Bonchev–Trinajstić information content (AvgIpc) is 2.47. The highest BCUT2D eigenvalue weighted by Crippen LogP contribution is 2.27. The maximum atomic E-state index is 5.79. The molecular formula is C15H24N2O2. The molecule has 0 saturated carbocycles. The minimum absolute atomic E-state index is 0.630. The zero-order valence-electron chi connectivity index (χ0n) is 11.9. The molecule has 19 heavy (non-hydrogen) atoms.